The van der Waals surface area contributed by atoms with E-state index in [1.807, 2.05) is 13.0 Å². The van der Waals surface area contributed by atoms with Crippen molar-refractivity contribution in [3.63, 3.8) is 0 Å². The van der Waals surface area contributed by atoms with E-state index in [9.17, 15) is 0 Å². The summed E-state index contributed by atoms with van der Waals surface area (Å²) >= 11 is 0. The van der Waals surface area contributed by atoms with Crippen LogP contribution in [0.1, 0.15) is 37.6 Å². The van der Waals surface area contributed by atoms with Crippen molar-refractivity contribution in [3.05, 3.63) is 17.5 Å². The minimum atomic E-state index is 0.501. The number of aromatic nitrogens is 1. The number of rotatable bonds is 2. The SMILES string of the molecule is CCC(C)c1cc(C)no1. The molecule has 0 saturated carbocycles. The van der Waals surface area contributed by atoms with Crippen LogP contribution in [0.25, 0.3) is 0 Å². The fourth-order valence-corrected chi connectivity index (χ4v) is 0.817. The van der Waals surface area contributed by atoms with E-state index in [1.54, 1.807) is 0 Å². The minimum absolute atomic E-state index is 0.501. The van der Waals surface area contributed by atoms with E-state index in [-0.39, 0.29) is 0 Å². The van der Waals surface area contributed by atoms with E-state index in [4.69, 9.17) is 4.52 Å². The van der Waals surface area contributed by atoms with Gasteiger partial charge in [0.1, 0.15) is 5.76 Å². The van der Waals surface area contributed by atoms with Crippen LogP contribution < -0.4 is 0 Å². The van der Waals surface area contributed by atoms with Gasteiger partial charge in [-0.05, 0) is 13.3 Å². The highest BCUT2D eigenvalue weighted by Crippen LogP contribution is 2.18. The summed E-state index contributed by atoms with van der Waals surface area (Å²) < 4.78 is 5.07. The zero-order valence-corrected chi connectivity index (χ0v) is 6.72. The first-order valence-electron chi connectivity index (χ1n) is 3.67. The van der Waals surface area contributed by atoms with Crippen molar-refractivity contribution in [2.75, 3.05) is 0 Å². The molecule has 0 radical (unpaired) electrons. The Morgan fingerprint density at radius 2 is 2.40 bits per heavy atom. The highest BCUT2D eigenvalue weighted by Gasteiger charge is 2.07. The largest absolute Gasteiger partial charge is 0.361 e. The van der Waals surface area contributed by atoms with Crippen LogP contribution in [0.3, 0.4) is 0 Å². The molecular formula is C8H13NO. The third-order valence-corrected chi connectivity index (χ3v) is 1.74. The molecule has 0 N–H and O–H groups in total. The summed E-state index contributed by atoms with van der Waals surface area (Å²) in [6, 6.07) is 1.99. The average molecular weight is 139 g/mol. The Morgan fingerprint density at radius 3 is 2.80 bits per heavy atom. The first-order chi connectivity index (χ1) is 4.74. The summed E-state index contributed by atoms with van der Waals surface area (Å²) in [5, 5.41) is 3.81. The average Bonchev–Trinajstić information content (AvgIpc) is 2.34. The van der Waals surface area contributed by atoms with Crippen LogP contribution in [-0.2, 0) is 0 Å². The van der Waals surface area contributed by atoms with Crippen molar-refractivity contribution in [3.8, 4) is 0 Å². The van der Waals surface area contributed by atoms with Crippen LogP contribution in [0, 0.1) is 6.92 Å². The summed E-state index contributed by atoms with van der Waals surface area (Å²) in [5.74, 6) is 1.50. The van der Waals surface area contributed by atoms with Crippen molar-refractivity contribution in [1.29, 1.82) is 0 Å². The van der Waals surface area contributed by atoms with Crippen molar-refractivity contribution in [2.24, 2.45) is 0 Å². The molecule has 0 saturated heterocycles. The molecule has 0 aromatic carbocycles. The van der Waals surface area contributed by atoms with Gasteiger partial charge in [0.2, 0.25) is 0 Å². The van der Waals surface area contributed by atoms with Gasteiger partial charge in [-0.25, -0.2) is 0 Å². The summed E-state index contributed by atoms with van der Waals surface area (Å²) in [7, 11) is 0. The smallest absolute Gasteiger partial charge is 0.139 e. The van der Waals surface area contributed by atoms with Gasteiger partial charge in [-0.1, -0.05) is 19.0 Å². The van der Waals surface area contributed by atoms with Crippen LogP contribution in [0.5, 0.6) is 0 Å². The van der Waals surface area contributed by atoms with Gasteiger partial charge in [-0.2, -0.15) is 0 Å². The van der Waals surface area contributed by atoms with E-state index >= 15 is 0 Å². The molecular weight excluding hydrogens is 126 g/mol. The van der Waals surface area contributed by atoms with Crippen molar-refractivity contribution in [1.82, 2.24) is 5.16 Å². The highest BCUT2D eigenvalue weighted by molar-refractivity contribution is 5.06. The monoisotopic (exact) mass is 139 g/mol. The molecule has 2 heteroatoms. The number of aryl methyl sites for hydroxylation is 1. The van der Waals surface area contributed by atoms with Crippen LogP contribution >= 0.6 is 0 Å². The molecule has 1 atom stereocenters. The standard InChI is InChI=1S/C8H13NO/c1-4-6(2)8-5-7(3)9-10-8/h5-6H,4H2,1-3H3. The molecule has 0 spiro atoms. The molecule has 1 heterocycles. The molecule has 0 amide bonds. The Balaban J connectivity index is 2.74. The second-order valence-electron chi connectivity index (χ2n) is 2.68. The maximum absolute atomic E-state index is 5.07. The maximum atomic E-state index is 5.07. The molecule has 10 heavy (non-hydrogen) atoms. The van der Waals surface area contributed by atoms with Crippen LogP contribution in [0.15, 0.2) is 10.6 Å². The van der Waals surface area contributed by atoms with E-state index in [1.165, 1.54) is 0 Å². The van der Waals surface area contributed by atoms with Crippen molar-refractivity contribution >= 4 is 0 Å². The van der Waals surface area contributed by atoms with Gasteiger partial charge in [0.25, 0.3) is 0 Å². The summed E-state index contributed by atoms with van der Waals surface area (Å²) in [6.45, 7) is 6.22. The van der Waals surface area contributed by atoms with E-state index < -0.39 is 0 Å². The van der Waals surface area contributed by atoms with Gasteiger partial charge >= 0.3 is 0 Å². The molecule has 1 aromatic rings. The lowest BCUT2D eigenvalue weighted by atomic mass is 10.1. The highest BCUT2D eigenvalue weighted by atomic mass is 16.5. The molecule has 1 rings (SSSR count). The maximum Gasteiger partial charge on any atom is 0.139 e. The lowest BCUT2D eigenvalue weighted by molar-refractivity contribution is 0.360. The third kappa shape index (κ3) is 1.38. The number of nitrogens with zero attached hydrogens (tertiary/aromatic N) is 1. The Kier molecular flexibility index (Phi) is 2.10. The lowest BCUT2D eigenvalue weighted by Crippen LogP contribution is -1.86. The molecule has 0 aliphatic rings. The van der Waals surface area contributed by atoms with Crippen LogP contribution in [0.4, 0.5) is 0 Å². The Bertz CT molecular complexity index is 205. The van der Waals surface area contributed by atoms with Gasteiger partial charge in [0.15, 0.2) is 0 Å². The predicted molar refractivity (Wildman–Crippen MR) is 39.9 cm³/mol. The molecule has 0 bridgehead atoms. The molecule has 2 nitrogen and oxygen atoms in total. The van der Waals surface area contributed by atoms with Crippen LogP contribution in [-0.4, -0.2) is 5.16 Å². The van der Waals surface area contributed by atoms with Crippen molar-refractivity contribution < 1.29 is 4.52 Å². The first-order valence-corrected chi connectivity index (χ1v) is 3.67. The third-order valence-electron chi connectivity index (χ3n) is 1.74. The Labute approximate surface area is 61.2 Å². The molecule has 1 aromatic heterocycles. The van der Waals surface area contributed by atoms with Gasteiger partial charge in [0, 0.05) is 12.0 Å². The van der Waals surface area contributed by atoms with Crippen LogP contribution in [0.2, 0.25) is 0 Å². The fourth-order valence-electron chi connectivity index (χ4n) is 0.817. The summed E-state index contributed by atoms with van der Waals surface area (Å²) in [6.07, 6.45) is 1.11. The number of hydrogen-bond donors (Lipinski definition) is 0. The summed E-state index contributed by atoms with van der Waals surface area (Å²) in [5.41, 5.74) is 0.968. The molecule has 0 fully saturated rings. The zero-order chi connectivity index (χ0) is 7.56. The molecule has 56 valence electrons. The molecule has 0 aliphatic heterocycles. The lowest BCUT2D eigenvalue weighted by Gasteiger charge is -1.99. The quantitative estimate of drug-likeness (QED) is 0.629. The molecule has 0 aliphatic carbocycles. The minimum Gasteiger partial charge on any atom is -0.361 e. The van der Waals surface area contributed by atoms with Crippen molar-refractivity contribution in [2.45, 2.75) is 33.1 Å². The van der Waals surface area contributed by atoms with E-state index in [0.717, 1.165) is 17.9 Å². The second-order valence-corrected chi connectivity index (χ2v) is 2.68. The van der Waals surface area contributed by atoms with Gasteiger partial charge in [-0.15, -0.1) is 0 Å². The number of hydrogen-bond acceptors (Lipinski definition) is 2. The predicted octanol–water partition coefficient (Wildman–Crippen LogP) is 2.50. The normalized spacial score (nSPS) is 13.5. The van der Waals surface area contributed by atoms with E-state index in [0.29, 0.717) is 5.92 Å². The van der Waals surface area contributed by atoms with E-state index in [2.05, 4.69) is 19.0 Å². The second kappa shape index (κ2) is 2.86. The topological polar surface area (TPSA) is 26.0 Å². The fraction of sp³-hybridized carbons (Fsp3) is 0.625. The van der Waals surface area contributed by atoms with Gasteiger partial charge < -0.3 is 4.52 Å². The summed E-state index contributed by atoms with van der Waals surface area (Å²) in [4.78, 5) is 0. The zero-order valence-electron chi connectivity index (χ0n) is 6.72. The Morgan fingerprint density at radius 1 is 1.70 bits per heavy atom. The first kappa shape index (κ1) is 7.32. The molecule has 1 unspecified atom stereocenters. The van der Waals surface area contributed by atoms with Gasteiger partial charge in [0.05, 0.1) is 5.69 Å². The van der Waals surface area contributed by atoms with Gasteiger partial charge in [-0.3, -0.25) is 0 Å². The Hall–Kier alpha value is -0.790.